The van der Waals surface area contributed by atoms with Gasteiger partial charge >= 0.3 is 0 Å². The topological polar surface area (TPSA) is 29.9 Å². The number of anilines is 1. The third-order valence-corrected chi connectivity index (χ3v) is 4.43. The van der Waals surface area contributed by atoms with E-state index in [2.05, 4.69) is 64.6 Å². The summed E-state index contributed by atoms with van der Waals surface area (Å²) in [5.41, 5.74) is 3.95. The van der Waals surface area contributed by atoms with Crippen molar-refractivity contribution in [1.29, 1.82) is 0 Å². The molecule has 3 nitrogen and oxygen atoms in total. The number of benzene rings is 1. The van der Waals surface area contributed by atoms with Gasteiger partial charge in [-0.15, -0.1) is 0 Å². The summed E-state index contributed by atoms with van der Waals surface area (Å²) in [6.45, 7) is 4.28. The third-order valence-electron chi connectivity index (χ3n) is 3.69. The first-order valence-electron chi connectivity index (χ1n) is 6.73. The summed E-state index contributed by atoms with van der Waals surface area (Å²) in [6, 6.07) is 7.26. The fourth-order valence-electron chi connectivity index (χ4n) is 2.66. The number of rotatable bonds is 3. The van der Waals surface area contributed by atoms with Crippen molar-refractivity contribution in [3.05, 3.63) is 46.2 Å². The fraction of sp³-hybridized carbons (Fsp3) is 0.400. The molecule has 1 aromatic heterocycles. The molecule has 4 heteroatoms. The lowest BCUT2D eigenvalue weighted by Gasteiger charge is -2.14. The summed E-state index contributed by atoms with van der Waals surface area (Å²) in [6.07, 6.45) is 6.27. The lowest BCUT2D eigenvalue weighted by atomic mass is 10.1. The first kappa shape index (κ1) is 12.7. The van der Waals surface area contributed by atoms with Crippen molar-refractivity contribution in [2.45, 2.75) is 38.8 Å². The van der Waals surface area contributed by atoms with E-state index in [9.17, 15) is 0 Å². The van der Waals surface area contributed by atoms with Gasteiger partial charge in [-0.3, -0.25) is 4.68 Å². The highest BCUT2D eigenvalue weighted by Crippen LogP contribution is 2.37. The van der Waals surface area contributed by atoms with Gasteiger partial charge < -0.3 is 5.32 Å². The molecule has 100 valence electrons. The van der Waals surface area contributed by atoms with Crippen LogP contribution in [-0.4, -0.2) is 9.78 Å². The number of fused-ring (bicyclic) bond motifs is 1. The van der Waals surface area contributed by atoms with E-state index in [0.717, 1.165) is 18.5 Å². The molecule has 0 amide bonds. The van der Waals surface area contributed by atoms with E-state index >= 15 is 0 Å². The van der Waals surface area contributed by atoms with Gasteiger partial charge in [0.1, 0.15) is 0 Å². The first-order valence-corrected chi connectivity index (χ1v) is 7.52. The molecule has 1 unspecified atom stereocenters. The van der Waals surface area contributed by atoms with E-state index in [1.807, 2.05) is 10.9 Å². The van der Waals surface area contributed by atoms with E-state index in [4.69, 9.17) is 0 Å². The molecule has 2 aromatic rings. The van der Waals surface area contributed by atoms with Crippen LogP contribution in [0.1, 0.15) is 43.5 Å². The predicted molar refractivity (Wildman–Crippen MR) is 81.4 cm³/mol. The Bertz CT molecular complexity index is 589. The van der Waals surface area contributed by atoms with Crippen molar-refractivity contribution in [2.75, 3.05) is 5.32 Å². The van der Waals surface area contributed by atoms with Crippen LogP contribution in [0.3, 0.4) is 0 Å². The lowest BCUT2D eigenvalue weighted by molar-refractivity contribution is 0.532. The zero-order chi connectivity index (χ0) is 13.4. The van der Waals surface area contributed by atoms with Crippen LogP contribution in [0.2, 0.25) is 0 Å². The maximum absolute atomic E-state index is 4.38. The average molecular weight is 320 g/mol. The largest absolute Gasteiger partial charge is 0.376 e. The highest BCUT2D eigenvalue weighted by molar-refractivity contribution is 9.10. The van der Waals surface area contributed by atoms with E-state index in [-0.39, 0.29) is 0 Å². The summed E-state index contributed by atoms with van der Waals surface area (Å²) >= 11 is 3.64. The van der Waals surface area contributed by atoms with Crippen molar-refractivity contribution >= 4 is 21.6 Å². The Labute approximate surface area is 122 Å². The quantitative estimate of drug-likeness (QED) is 0.912. The van der Waals surface area contributed by atoms with Crippen LogP contribution in [-0.2, 0) is 6.42 Å². The Balaban J connectivity index is 1.81. The van der Waals surface area contributed by atoms with Crippen LogP contribution in [0, 0.1) is 0 Å². The minimum atomic E-state index is 0.400. The second-order valence-electron chi connectivity index (χ2n) is 5.35. The SMILES string of the molecule is CC(C)n1cc(NC2CCc3c(Br)cccc32)cn1. The van der Waals surface area contributed by atoms with Crippen LogP contribution >= 0.6 is 15.9 Å². The predicted octanol–water partition coefficient (Wildman–Crippen LogP) is 4.33. The van der Waals surface area contributed by atoms with Crippen LogP contribution < -0.4 is 5.32 Å². The number of hydrogen-bond donors (Lipinski definition) is 1. The van der Waals surface area contributed by atoms with Gasteiger partial charge in [0.25, 0.3) is 0 Å². The summed E-state index contributed by atoms with van der Waals surface area (Å²) < 4.78 is 3.21. The summed E-state index contributed by atoms with van der Waals surface area (Å²) in [7, 11) is 0. The standard InChI is InChI=1S/C15H18BrN3/c1-10(2)19-9-11(8-17-19)18-15-7-6-12-13(15)4-3-5-14(12)16/h3-5,8-10,15,18H,6-7H2,1-2H3. The molecule has 1 atom stereocenters. The normalized spacial score (nSPS) is 17.8. The zero-order valence-corrected chi connectivity index (χ0v) is 12.8. The zero-order valence-electron chi connectivity index (χ0n) is 11.2. The molecule has 0 saturated carbocycles. The van der Waals surface area contributed by atoms with Crippen LogP contribution in [0.4, 0.5) is 5.69 Å². The molecule has 0 saturated heterocycles. The van der Waals surface area contributed by atoms with Gasteiger partial charge in [-0.2, -0.15) is 5.10 Å². The van der Waals surface area contributed by atoms with Crippen molar-refractivity contribution < 1.29 is 0 Å². The molecule has 1 heterocycles. The molecule has 0 aliphatic heterocycles. The lowest BCUT2D eigenvalue weighted by Crippen LogP contribution is -2.06. The molecule has 0 radical (unpaired) electrons. The summed E-state index contributed by atoms with van der Waals surface area (Å²) in [4.78, 5) is 0. The Kier molecular flexibility index (Phi) is 3.35. The second kappa shape index (κ2) is 5.00. The minimum Gasteiger partial charge on any atom is -0.376 e. The van der Waals surface area contributed by atoms with E-state index < -0.39 is 0 Å². The van der Waals surface area contributed by atoms with Gasteiger partial charge in [-0.25, -0.2) is 0 Å². The molecule has 19 heavy (non-hydrogen) atoms. The number of nitrogens with one attached hydrogen (secondary N) is 1. The Morgan fingerprint density at radius 2 is 2.26 bits per heavy atom. The highest BCUT2D eigenvalue weighted by Gasteiger charge is 2.24. The molecule has 0 spiro atoms. The molecule has 1 aliphatic rings. The van der Waals surface area contributed by atoms with Crippen LogP contribution in [0.5, 0.6) is 0 Å². The molecule has 3 rings (SSSR count). The second-order valence-corrected chi connectivity index (χ2v) is 6.20. The van der Waals surface area contributed by atoms with Gasteiger partial charge in [-0.05, 0) is 43.9 Å². The third kappa shape index (κ3) is 2.41. The molecular weight excluding hydrogens is 302 g/mol. The number of nitrogens with zero attached hydrogens (tertiary/aromatic N) is 2. The number of aromatic nitrogens is 2. The van der Waals surface area contributed by atoms with Crippen LogP contribution in [0.25, 0.3) is 0 Å². The smallest absolute Gasteiger partial charge is 0.0731 e. The number of halogens is 1. The minimum absolute atomic E-state index is 0.400. The molecule has 1 aromatic carbocycles. The Hall–Kier alpha value is -1.29. The highest BCUT2D eigenvalue weighted by atomic mass is 79.9. The van der Waals surface area contributed by atoms with Gasteiger partial charge in [0, 0.05) is 16.7 Å². The first-order chi connectivity index (χ1) is 9.15. The number of hydrogen-bond acceptors (Lipinski definition) is 2. The Morgan fingerprint density at radius 3 is 3.00 bits per heavy atom. The van der Waals surface area contributed by atoms with Gasteiger partial charge in [0.05, 0.1) is 17.9 Å². The molecule has 0 bridgehead atoms. The fourth-order valence-corrected chi connectivity index (χ4v) is 3.24. The van der Waals surface area contributed by atoms with E-state index in [1.165, 1.54) is 15.6 Å². The van der Waals surface area contributed by atoms with E-state index in [1.54, 1.807) is 0 Å². The van der Waals surface area contributed by atoms with Gasteiger partial charge in [0.2, 0.25) is 0 Å². The average Bonchev–Trinajstić information content (AvgIpc) is 2.98. The van der Waals surface area contributed by atoms with Gasteiger partial charge in [-0.1, -0.05) is 28.1 Å². The summed E-state index contributed by atoms with van der Waals surface area (Å²) in [5.74, 6) is 0. The summed E-state index contributed by atoms with van der Waals surface area (Å²) in [5, 5.41) is 7.97. The van der Waals surface area contributed by atoms with E-state index in [0.29, 0.717) is 12.1 Å². The van der Waals surface area contributed by atoms with Crippen molar-refractivity contribution in [3.8, 4) is 0 Å². The van der Waals surface area contributed by atoms with Crippen LogP contribution in [0.15, 0.2) is 35.1 Å². The molecule has 0 fully saturated rings. The van der Waals surface area contributed by atoms with Gasteiger partial charge in [0.15, 0.2) is 0 Å². The van der Waals surface area contributed by atoms with Crippen molar-refractivity contribution in [1.82, 2.24) is 9.78 Å². The molecule has 1 N–H and O–H groups in total. The molecule has 1 aliphatic carbocycles. The maximum Gasteiger partial charge on any atom is 0.0731 e. The monoisotopic (exact) mass is 319 g/mol. The maximum atomic E-state index is 4.38. The molecular formula is C15H18BrN3. The Morgan fingerprint density at radius 1 is 1.42 bits per heavy atom. The van der Waals surface area contributed by atoms with Crippen molar-refractivity contribution in [2.24, 2.45) is 0 Å². The van der Waals surface area contributed by atoms with Crippen molar-refractivity contribution in [3.63, 3.8) is 0 Å².